The Morgan fingerprint density at radius 3 is 2.91 bits per heavy atom. The quantitative estimate of drug-likeness (QED) is 0.801. The minimum atomic E-state index is -0.922. The van der Waals surface area contributed by atoms with Gasteiger partial charge in [0.25, 0.3) is 0 Å². The molecule has 0 aromatic carbocycles. The molecule has 3 aromatic heterocycles. The van der Waals surface area contributed by atoms with E-state index < -0.39 is 5.97 Å². The molecule has 0 saturated heterocycles. The fourth-order valence-electron chi connectivity index (χ4n) is 2.31. The molecule has 5 heteroatoms. The lowest BCUT2D eigenvalue weighted by Gasteiger charge is -1.99. The topological polar surface area (TPSA) is 68.0 Å². The normalized spacial score (nSPS) is 11.3. The molecule has 3 heterocycles. The molecule has 0 fully saturated rings. The summed E-state index contributed by atoms with van der Waals surface area (Å²) >= 11 is 0. The van der Waals surface area contributed by atoms with Crippen molar-refractivity contribution in [3.8, 4) is 0 Å². The number of hydrogen-bond acceptors (Lipinski definition) is 3. The van der Waals surface area contributed by atoms with Crippen molar-refractivity contribution >= 4 is 29.2 Å². The number of carboxylic acids is 1. The highest BCUT2D eigenvalue weighted by molar-refractivity contribution is 5.87. The molecule has 0 bridgehead atoms. The van der Waals surface area contributed by atoms with Gasteiger partial charge in [0.05, 0.1) is 5.69 Å². The van der Waals surface area contributed by atoms with Crippen molar-refractivity contribution in [1.82, 2.24) is 14.5 Å². The van der Waals surface area contributed by atoms with E-state index in [0.29, 0.717) is 12.2 Å². The van der Waals surface area contributed by atoms with Crippen LogP contribution in [-0.2, 0) is 6.54 Å². The van der Waals surface area contributed by atoms with Gasteiger partial charge in [-0.1, -0.05) is 6.08 Å². The first-order chi connectivity index (χ1) is 10.7. The van der Waals surface area contributed by atoms with Crippen LogP contribution in [-0.4, -0.2) is 25.6 Å². The number of hydrogen-bond donors (Lipinski definition) is 1. The SMILES string of the molecule is CCn1cc(C=Cc2ccc3cccnc3n2)cc1C(=O)O. The monoisotopic (exact) mass is 293 g/mol. The number of rotatable bonds is 4. The number of fused-ring (bicyclic) bond motifs is 1. The Hall–Kier alpha value is -2.95. The summed E-state index contributed by atoms with van der Waals surface area (Å²) in [6.07, 6.45) is 7.24. The van der Waals surface area contributed by atoms with Crippen LogP contribution in [0.4, 0.5) is 0 Å². The highest BCUT2D eigenvalue weighted by Gasteiger charge is 2.09. The van der Waals surface area contributed by atoms with E-state index in [1.54, 1.807) is 16.8 Å². The third kappa shape index (κ3) is 2.74. The van der Waals surface area contributed by atoms with E-state index in [1.165, 1.54) is 0 Å². The minimum absolute atomic E-state index is 0.287. The van der Waals surface area contributed by atoms with E-state index in [2.05, 4.69) is 9.97 Å². The van der Waals surface area contributed by atoms with Crippen LogP contribution in [0.1, 0.15) is 28.7 Å². The highest BCUT2D eigenvalue weighted by atomic mass is 16.4. The average molecular weight is 293 g/mol. The molecular weight excluding hydrogens is 278 g/mol. The fourth-order valence-corrected chi connectivity index (χ4v) is 2.31. The van der Waals surface area contributed by atoms with Crippen molar-refractivity contribution in [3.63, 3.8) is 0 Å². The Bertz CT molecular complexity index is 865. The van der Waals surface area contributed by atoms with Gasteiger partial charge in [-0.15, -0.1) is 0 Å². The maximum absolute atomic E-state index is 11.1. The lowest BCUT2D eigenvalue weighted by Crippen LogP contribution is -2.05. The van der Waals surface area contributed by atoms with Gasteiger partial charge < -0.3 is 9.67 Å². The van der Waals surface area contributed by atoms with Crippen molar-refractivity contribution in [2.45, 2.75) is 13.5 Å². The smallest absolute Gasteiger partial charge is 0.352 e. The van der Waals surface area contributed by atoms with E-state index in [9.17, 15) is 4.79 Å². The lowest BCUT2D eigenvalue weighted by molar-refractivity contribution is 0.0685. The molecule has 0 aliphatic carbocycles. The predicted molar refractivity (Wildman–Crippen MR) is 85.5 cm³/mol. The van der Waals surface area contributed by atoms with E-state index >= 15 is 0 Å². The molecule has 110 valence electrons. The van der Waals surface area contributed by atoms with Crippen LogP contribution in [0.5, 0.6) is 0 Å². The molecule has 0 aliphatic rings. The van der Waals surface area contributed by atoms with E-state index in [0.717, 1.165) is 16.6 Å². The number of carboxylic acid groups (broad SMARTS) is 1. The van der Waals surface area contributed by atoms with Crippen molar-refractivity contribution in [1.29, 1.82) is 0 Å². The van der Waals surface area contributed by atoms with Gasteiger partial charge in [0, 0.05) is 24.3 Å². The third-order valence-electron chi connectivity index (χ3n) is 3.41. The molecule has 0 atom stereocenters. The first-order valence-corrected chi connectivity index (χ1v) is 7.00. The molecule has 3 rings (SSSR count). The number of pyridine rings is 2. The first-order valence-electron chi connectivity index (χ1n) is 7.00. The number of carbonyl (C=O) groups is 1. The van der Waals surface area contributed by atoms with Gasteiger partial charge >= 0.3 is 5.97 Å². The molecule has 0 radical (unpaired) electrons. The van der Waals surface area contributed by atoms with Gasteiger partial charge in [-0.05, 0) is 48.9 Å². The summed E-state index contributed by atoms with van der Waals surface area (Å²) in [5.74, 6) is -0.922. The summed E-state index contributed by atoms with van der Waals surface area (Å²) in [6, 6.07) is 9.37. The third-order valence-corrected chi connectivity index (χ3v) is 3.41. The molecular formula is C17H15N3O2. The Kier molecular flexibility index (Phi) is 3.70. The largest absolute Gasteiger partial charge is 0.477 e. The zero-order valence-corrected chi connectivity index (χ0v) is 12.1. The average Bonchev–Trinajstić information content (AvgIpc) is 2.96. The number of aromatic carboxylic acids is 1. The molecule has 0 unspecified atom stereocenters. The Morgan fingerprint density at radius 1 is 1.32 bits per heavy atom. The van der Waals surface area contributed by atoms with Gasteiger partial charge in [0.1, 0.15) is 5.69 Å². The van der Waals surface area contributed by atoms with Crippen LogP contribution in [0.15, 0.2) is 42.7 Å². The standard InChI is InChI=1S/C17H15N3O2/c1-2-20-11-12(10-15(20)17(21)22)5-7-14-8-6-13-4-3-9-18-16(13)19-14/h3-11H,2H2,1H3,(H,21,22). The van der Waals surface area contributed by atoms with Crippen LogP contribution in [0.2, 0.25) is 0 Å². The van der Waals surface area contributed by atoms with Crippen LogP contribution in [0, 0.1) is 0 Å². The first kappa shape index (κ1) is 14.0. The van der Waals surface area contributed by atoms with E-state index in [-0.39, 0.29) is 5.69 Å². The Morgan fingerprint density at radius 2 is 2.18 bits per heavy atom. The van der Waals surface area contributed by atoms with Gasteiger partial charge in [-0.3, -0.25) is 0 Å². The van der Waals surface area contributed by atoms with Crippen molar-refractivity contribution in [2.24, 2.45) is 0 Å². The molecule has 0 spiro atoms. The number of aromatic nitrogens is 3. The summed E-state index contributed by atoms with van der Waals surface area (Å²) in [6.45, 7) is 2.53. The second-order valence-corrected chi connectivity index (χ2v) is 4.87. The van der Waals surface area contributed by atoms with E-state index in [4.69, 9.17) is 5.11 Å². The summed E-state index contributed by atoms with van der Waals surface area (Å²) in [5, 5.41) is 10.1. The lowest BCUT2D eigenvalue weighted by atomic mass is 10.2. The molecule has 3 aromatic rings. The van der Waals surface area contributed by atoms with Gasteiger partial charge in [0.15, 0.2) is 5.65 Å². The second-order valence-electron chi connectivity index (χ2n) is 4.87. The van der Waals surface area contributed by atoms with Crippen LogP contribution in [0.25, 0.3) is 23.2 Å². The molecule has 0 saturated carbocycles. The van der Waals surface area contributed by atoms with Crippen molar-refractivity contribution < 1.29 is 9.90 Å². The maximum atomic E-state index is 11.1. The van der Waals surface area contributed by atoms with Crippen LogP contribution < -0.4 is 0 Å². The van der Waals surface area contributed by atoms with Gasteiger partial charge in [-0.25, -0.2) is 14.8 Å². The summed E-state index contributed by atoms with van der Waals surface area (Å²) in [7, 11) is 0. The summed E-state index contributed by atoms with van der Waals surface area (Å²) in [5.41, 5.74) is 2.60. The summed E-state index contributed by atoms with van der Waals surface area (Å²) < 4.78 is 1.71. The number of aryl methyl sites for hydroxylation is 1. The van der Waals surface area contributed by atoms with E-state index in [1.807, 2.05) is 49.5 Å². The zero-order chi connectivity index (χ0) is 15.5. The predicted octanol–water partition coefficient (Wildman–Crippen LogP) is 3.32. The molecule has 0 amide bonds. The van der Waals surface area contributed by atoms with Gasteiger partial charge in [-0.2, -0.15) is 0 Å². The minimum Gasteiger partial charge on any atom is -0.477 e. The Balaban J connectivity index is 1.90. The van der Waals surface area contributed by atoms with Gasteiger partial charge in [0.2, 0.25) is 0 Å². The zero-order valence-electron chi connectivity index (χ0n) is 12.1. The van der Waals surface area contributed by atoms with Crippen LogP contribution in [0.3, 0.4) is 0 Å². The van der Waals surface area contributed by atoms with Crippen molar-refractivity contribution in [2.75, 3.05) is 0 Å². The van der Waals surface area contributed by atoms with Crippen molar-refractivity contribution in [3.05, 3.63) is 59.7 Å². The maximum Gasteiger partial charge on any atom is 0.352 e. The molecule has 1 N–H and O–H groups in total. The highest BCUT2D eigenvalue weighted by Crippen LogP contribution is 2.14. The summed E-state index contributed by atoms with van der Waals surface area (Å²) in [4.78, 5) is 19.8. The number of nitrogens with zero attached hydrogens (tertiary/aromatic N) is 3. The Labute approximate surface area is 127 Å². The second kappa shape index (κ2) is 5.81. The molecule has 22 heavy (non-hydrogen) atoms. The molecule has 5 nitrogen and oxygen atoms in total. The van der Waals surface area contributed by atoms with Crippen LogP contribution >= 0.6 is 0 Å². The molecule has 0 aliphatic heterocycles. The fraction of sp³-hybridized carbons (Fsp3) is 0.118.